The minimum absolute atomic E-state index is 0. The van der Waals surface area contributed by atoms with E-state index >= 15 is 0 Å². The number of aromatic nitrogens is 2. The predicted molar refractivity (Wildman–Crippen MR) is 112 cm³/mol. The molecule has 0 radical (unpaired) electrons. The number of H-pyrrole nitrogens is 2. The third kappa shape index (κ3) is 5.63. The number of hydrogen-bond acceptors (Lipinski definition) is 6. The summed E-state index contributed by atoms with van der Waals surface area (Å²) in [4.78, 5) is 57.6. The highest BCUT2D eigenvalue weighted by molar-refractivity contribution is 7.52. The lowest BCUT2D eigenvalue weighted by Crippen LogP contribution is -2.29. The first-order chi connectivity index (χ1) is 14.1. The maximum absolute atomic E-state index is 13.1. The second-order valence-corrected chi connectivity index (χ2v) is 8.28. The van der Waals surface area contributed by atoms with E-state index in [0.29, 0.717) is 0 Å². The minimum atomic E-state index is -4.62. The van der Waals surface area contributed by atoms with E-state index in [-0.39, 0.29) is 53.3 Å². The topological polar surface area (TPSA) is 178 Å². The second-order valence-electron chi connectivity index (χ2n) is 6.48. The fraction of sp³-hybridized carbons (Fsp3) is 0.176. The zero-order chi connectivity index (χ0) is 22.1. The van der Waals surface area contributed by atoms with E-state index < -0.39 is 35.1 Å². The van der Waals surface area contributed by atoms with Gasteiger partial charge in [0.05, 0.1) is 21.6 Å². The molecule has 1 atom stereocenters. The van der Waals surface area contributed by atoms with Crippen molar-refractivity contribution in [3.63, 3.8) is 0 Å². The Hall–Kier alpha value is -2.89. The summed E-state index contributed by atoms with van der Waals surface area (Å²) in [7, 11) is -4.62. The van der Waals surface area contributed by atoms with Crippen LogP contribution < -0.4 is 16.4 Å². The Kier molecular flexibility index (Phi) is 7.47. The summed E-state index contributed by atoms with van der Waals surface area (Å²) in [6.45, 7) is -0.356. The van der Waals surface area contributed by atoms with Crippen LogP contribution in [0.25, 0.3) is 11.0 Å². The molecule has 1 aromatic heterocycles. The van der Waals surface area contributed by atoms with Crippen LogP contribution in [0.3, 0.4) is 0 Å². The number of nitrogens with zero attached hydrogens (tertiary/aromatic N) is 1. The first-order valence-electron chi connectivity index (χ1n) is 8.51. The van der Waals surface area contributed by atoms with Crippen molar-refractivity contribution < 1.29 is 23.7 Å². The Morgan fingerprint density at radius 2 is 1.74 bits per heavy atom. The highest BCUT2D eigenvalue weighted by Gasteiger charge is 2.30. The number of halogens is 2. The van der Waals surface area contributed by atoms with E-state index in [1.807, 2.05) is 0 Å². The van der Waals surface area contributed by atoms with Crippen molar-refractivity contribution in [2.24, 2.45) is 0 Å². The Morgan fingerprint density at radius 3 is 2.32 bits per heavy atom. The lowest BCUT2D eigenvalue weighted by Gasteiger charge is -2.19. The van der Waals surface area contributed by atoms with Crippen molar-refractivity contribution in [2.45, 2.75) is 12.2 Å². The predicted octanol–water partition coefficient (Wildman–Crippen LogP) is 1.69. The monoisotopic (exact) mass is 474 g/mol. The van der Waals surface area contributed by atoms with Gasteiger partial charge in [0.25, 0.3) is 5.69 Å². The van der Waals surface area contributed by atoms with E-state index in [1.165, 1.54) is 18.2 Å². The molecule has 0 aliphatic heterocycles. The van der Waals surface area contributed by atoms with Gasteiger partial charge < -0.3 is 25.1 Å². The largest absolute Gasteiger partial charge is 0.334 e. The number of hydrogen-bond donors (Lipinski definition) is 5. The molecule has 0 fully saturated rings. The number of nitro benzene ring substituents is 1. The van der Waals surface area contributed by atoms with Crippen LogP contribution in [0.2, 0.25) is 0 Å². The normalized spacial score (nSPS) is 12.4. The van der Waals surface area contributed by atoms with Crippen LogP contribution in [0.1, 0.15) is 16.8 Å². The maximum Gasteiger partial charge on any atom is 0.334 e. The summed E-state index contributed by atoms with van der Waals surface area (Å²) in [6.07, 6.45) is 0. The van der Waals surface area contributed by atoms with Gasteiger partial charge in [0.2, 0.25) is 0 Å². The number of benzene rings is 2. The number of rotatable bonds is 7. The number of non-ortho nitro benzene ring substituents is 1. The second kappa shape index (κ2) is 9.50. The molecule has 11 nitrogen and oxygen atoms in total. The number of nitrogens with one attached hydrogen (secondary N) is 3. The van der Waals surface area contributed by atoms with Crippen LogP contribution in [0.5, 0.6) is 0 Å². The van der Waals surface area contributed by atoms with Crippen LogP contribution in [-0.4, -0.2) is 31.2 Å². The molecule has 166 valence electrons. The average Bonchev–Trinajstić information content (AvgIpc) is 2.66. The van der Waals surface area contributed by atoms with E-state index in [2.05, 4.69) is 15.3 Å². The molecule has 1 unspecified atom stereocenters. The van der Waals surface area contributed by atoms with E-state index in [0.717, 1.165) is 18.2 Å². The molecule has 5 N–H and O–H groups in total. The van der Waals surface area contributed by atoms with Crippen LogP contribution in [0, 0.1) is 15.9 Å². The van der Waals surface area contributed by atoms with Crippen molar-refractivity contribution in [3.8, 4) is 0 Å². The summed E-state index contributed by atoms with van der Waals surface area (Å²) in [5.41, 5.74) is -2.93. The highest BCUT2D eigenvalue weighted by Crippen LogP contribution is 2.51. The lowest BCUT2D eigenvalue weighted by atomic mass is 10.1. The smallest absolute Gasteiger partial charge is 0.324 e. The van der Waals surface area contributed by atoms with Crippen molar-refractivity contribution in [3.05, 3.63) is 84.2 Å². The standard InChI is InChI=1S/C17H16FN4O7P.ClH/c18-11-3-1-9(2-4-11)14(30(27,28)29)8-19-7-10-5-12(22(25)26)6-13-15(10)21-17(24)16(23)20-13;/h1-6,14,19H,7-8H2,(H,20,23)(H,21,24)(H2,27,28,29);1H. The van der Waals surface area contributed by atoms with Gasteiger partial charge in [0, 0.05) is 25.2 Å². The Morgan fingerprint density at radius 1 is 1.13 bits per heavy atom. The van der Waals surface area contributed by atoms with Crippen molar-refractivity contribution in [2.75, 3.05) is 6.54 Å². The van der Waals surface area contributed by atoms with Gasteiger partial charge in [-0.1, -0.05) is 12.1 Å². The molecule has 2 aromatic carbocycles. The maximum atomic E-state index is 13.1. The molecule has 31 heavy (non-hydrogen) atoms. The van der Waals surface area contributed by atoms with Crippen molar-refractivity contribution >= 4 is 36.7 Å². The van der Waals surface area contributed by atoms with Gasteiger partial charge in [-0.05, 0) is 23.3 Å². The van der Waals surface area contributed by atoms with E-state index in [1.54, 1.807) is 0 Å². The van der Waals surface area contributed by atoms with Crippen LogP contribution in [0.15, 0.2) is 46.0 Å². The summed E-state index contributed by atoms with van der Waals surface area (Å²) in [5.74, 6) is -0.558. The molecule has 1 heterocycles. The average molecular weight is 475 g/mol. The SMILES string of the molecule is Cl.O=c1[nH]c2cc([N+](=O)[O-])cc(CNCC(c3ccc(F)cc3)P(=O)(O)O)c2[nH]c1=O. The summed E-state index contributed by atoms with van der Waals surface area (Å²) >= 11 is 0. The summed E-state index contributed by atoms with van der Waals surface area (Å²) in [6, 6.07) is 6.93. The van der Waals surface area contributed by atoms with Crippen LogP contribution in [0.4, 0.5) is 10.1 Å². The third-order valence-corrected chi connectivity index (χ3v) is 5.72. The first kappa shape index (κ1) is 24.4. The third-order valence-electron chi connectivity index (χ3n) is 4.42. The van der Waals surface area contributed by atoms with Crippen LogP contribution in [-0.2, 0) is 11.1 Å². The van der Waals surface area contributed by atoms with Gasteiger partial charge in [-0.3, -0.25) is 24.3 Å². The summed E-state index contributed by atoms with van der Waals surface area (Å²) < 4.78 is 25.0. The lowest BCUT2D eigenvalue weighted by molar-refractivity contribution is -0.384. The molecule has 0 aliphatic carbocycles. The fourth-order valence-corrected chi connectivity index (χ4v) is 3.91. The molecule has 0 amide bonds. The van der Waals surface area contributed by atoms with Crippen molar-refractivity contribution in [1.29, 1.82) is 0 Å². The summed E-state index contributed by atoms with van der Waals surface area (Å²) in [5, 5.41) is 14.0. The van der Waals surface area contributed by atoms with Crippen LogP contribution >= 0.6 is 20.0 Å². The molecular formula is C17H17ClFN4O7P. The van der Waals surface area contributed by atoms with Crippen molar-refractivity contribution in [1.82, 2.24) is 15.3 Å². The number of nitro groups is 1. The zero-order valence-corrected chi connectivity index (χ0v) is 17.3. The zero-order valence-electron chi connectivity index (χ0n) is 15.6. The van der Waals surface area contributed by atoms with Gasteiger partial charge in [-0.2, -0.15) is 0 Å². The molecule has 0 saturated heterocycles. The molecule has 3 rings (SSSR count). The molecular weight excluding hydrogens is 458 g/mol. The van der Waals surface area contributed by atoms with Gasteiger partial charge in [0.1, 0.15) is 5.82 Å². The fourth-order valence-electron chi connectivity index (χ4n) is 2.99. The highest BCUT2D eigenvalue weighted by atomic mass is 35.5. The Bertz CT molecular complexity index is 1270. The number of aromatic amines is 2. The molecule has 3 aromatic rings. The van der Waals surface area contributed by atoms with Gasteiger partial charge >= 0.3 is 18.7 Å². The first-order valence-corrected chi connectivity index (χ1v) is 10.2. The molecule has 0 spiro atoms. The van der Waals surface area contributed by atoms with Gasteiger partial charge in [-0.25, -0.2) is 4.39 Å². The van der Waals surface area contributed by atoms with Gasteiger partial charge in [-0.15, -0.1) is 12.4 Å². The minimum Gasteiger partial charge on any atom is -0.324 e. The molecule has 0 aliphatic rings. The molecule has 14 heteroatoms. The quantitative estimate of drug-likeness (QED) is 0.148. The molecule has 0 saturated carbocycles. The Balaban J connectivity index is 0.00000341. The Labute approximate surface area is 179 Å². The van der Waals surface area contributed by atoms with E-state index in [9.17, 15) is 38.4 Å². The number of fused-ring (bicyclic) bond motifs is 1. The van der Waals surface area contributed by atoms with E-state index in [4.69, 9.17) is 0 Å². The molecule has 0 bridgehead atoms. The van der Waals surface area contributed by atoms with Gasteiger partial charge in [0.15, 0.2) is 0 Å².